The minimum absolute atomic E-state index is 0.286. The molecule has 1 aliphatic heterocycles. The highest BCUT2D eigenvalue weighted by molar-refractivity contribution is 5.27. The lowest BCUT2D eigenvalue weighted by Crippen LogP contribution is -2.63. The molecule has 1 heteroatoms. The molecule has 1 saturated heterocycles. The quantitative estimate of drug-likeness (QED) is 0.706. The predicted octanol–water partition coefficient (Wildman–Crippen LogP) is 4.40. The van der Waals surface area contributed by atoms with Crippen LogP contribution in [0.5, 0.6) is 0 Å². The summed E-state index contributed by atoms with van der Waals surface area (Å²) >= 11 is 0. The van der Waals surface area contributed by atoms with Crippen molar-refractivity contribution in [3.8, 4) is 0 Å². The Hall–Kier alpha value is -0.820. The SMILES string of the molecule is CC(C)(C)N1CC2(CCCC2)C1c1ccccc1. The van der Waals surface area contributed by atoms with E-state index in [0.717, 1.165) is 0 Å². The minimum atomic E-state index is 0.286. The molecule has 1 spiro atoms. The first-order valence-corrected chi connectivity index (χ1v) is 7.35. The minimum Gasteiger partial charge on any atom is -0.290 e. The molecule has 98 valence electrons. The van der Waals surface area contributed by atoms with E-state index in [1.807, 2.05) is 0 Å². The molecule has 1 atom stereocenters. The summed E-state index contributed by atoms with van der Waals surface area (Å²) in [5.41, 5.74) is 2.41. The van der Waals surface area contributed by atoms with E-state index >= 15 is 0 Å². The van der Waals surface area contributed by atoms with Gasteiger partial charge in [-0.15, -0.1) is 0 Å². The summed E-state index contributed by atoms with van der Waals surface area (Å²) < 4.78 is 0. The van der Waals surface area contributed by atoms with E-state index in [1.54, 1.807) is 0 Å². The average Bonchev–Trinajstić information content (AvgIpc) is 2.77. The molecule has 0 bridgehead atoms. The summed E-state index contributed by atoms with van der Waals surface area (Å²) in [5.74, 6) is 0. The molecule has 1 aromatic rings. The van der Waals surface area contributed by atoms with Crippen LogP contribution in [-0.4, -0.2) is 17.0 Å². The molecular formula is C17H25N. The van der Waals surface area contributed by atoms with E-state index in [1.165, 1.54) is 37.8 Å². The van der Waals surface area contributed by atoms with Crippen molar-refractivity contribution in [3.05, 3.63) is 35.9 Å². The fourth-order valence-corrected chi connectivity index (χ4v) is 4.04. The number of likely N-dealkylation sites (tertiary alicyclic amines) is 1. The number of hydrogen-bond donors (Lipinski definition) is 0. The van der Waals surface area contributed by atoms with Gasteiger partial charge in [0.05, 0.1) is 0 Å². The van der Waals surface area contributed by atoms with E-state index in [0.29, 0.717) is 11.5 Å². The lowest BCUT2D eigenvalue weighted by Gasteiger charge is -2.61. The second-order valence-electron chi connectivity index (χ2n) is 7.18. The largest absolute Gasteiger partial charge is 0.290 e. The van der Waals surface area contributed by atoms with Crippen molar-refractivity contribution in [1.82, 2.24) is 4.90 Å². The molecule has 1 unspecified atom stereocenters. The van der Waals surface area contributed by atoms with Crippen molar-refractivity contribution in [2.45, 2.75) is 58.0 Å². The summed E-state index contributed by atoms with van der Waals surface area (Å²) in [5, 5.41) is 0. The molecule has 0 aromatic heterocycles. The first-order valence-electron chi connectivity index (χ1n) is 7.35. The summed E-state index contributed by atoms with van der Waals surface area (Å²) in [7, 11) is 0. The van der Waals surface area contributed by atoms with Crippen LogP contribution in [0.2, 0.25) is 0 Å². The van der Waals surface area contributed by atoms with Crippen molar-refractivity contribution >= 4 is 0 Å². The van der Waals surface area contributed by atoms with Gasteiger partial charge >= 0.3 is 0 Å². The maximum absolute atomic E-state index is 2.70. The van der Waals surface area contributed by atoms with Crippen LogP contribution in [0.3, 0.4) is 0 Å². The van der Waals surface area contributed by atoms with Crippen LogP contribution in [0.25, 0.3) is 0 Å². The maximum atomic E-state index is 2.70. The Morgan fingerprint density at radius 3 is 2.22 bits per heavy atom. The zero-order chi connectivity index (χ0) is 12.8. The Labute approximate surface area is 111 Å². The van der Waals surface area contributed by atoms with Gasteiger partial charge < -0.3 is 0 Å². The molecule has 0 N–H and O–H groups in total. The van der Waals surface area contributed by atoms with Gasteiger partial charge in [0.15, 0.2) is 0 Å². The van der Waals surface area contributed by atoms with E-state index in [9.17, 15) is 0 Å². The Balaban J connectivity index is 1.94. The average molecular weight is 243 g/mol. The third-order valence-electron chi connectivity index (χ3n) is 4.95. The zero-order valence-corrected chi connectivity index (χ0v) is 11.9. The molecule has 1 saturated carbocycles. The first-order chi connectivity index (χ1) is 8.53. The van der Waals surface area contributed by atoms with Gasteiger partial charge in [-0.1, -0.05) is 43.2 Å². The molecule has 1 aromatic carbocycles. The van der Waals surface area contributed by atoms with Gasteiger partial charge in [0.2, 0.25) is 0 Å². The van der Waals surface area contributed by atoms with Crippen LogP contribution in [0.15, 0.2) is 30.3 Å². The molecule has 1 aliphatic carbocycles. The fourth-order valence-electron chi connectivity index (χ4n) is 4.04. The van der Waals surface area contributed by atoms with Gasteiger partial charge in [0.1, 0.15) is 0 Å². The van der Waals surface area contributed by atoms with Crippen molar-refractivity contribution < 1.29 is 0 Å². The van der Waals surface area contributed by atoms with Crippen LogP contribution in [0.1, 0.15) is 58.1 Å². The Kier molecular flexibility index (Phi) is 2.78. The van der Waals surface area contributed by atoms with Crippen LogP contribution < -0.4 is 0 Å². The third kappa shape index (κ3) is 1.80. The molecule has 18 heavy (non-hydrogen) atoms. The number of nitrogens with zero attached hydrogens (tertiary/aromatic N) is 1. The Bertz CT molecular complexity index is 409. The zero-order valence-electron chi connectivity index (χ0n) is 11.9. The van der Waals surface area contributed by atoms with E-state index in [4.69, 9.17) is 0 Å². The molecule has 1 heterocycles. The normalized spacial score (nSPS) is 27.4. The van der Waals surface area contributed by atoms with Gasteiger partial charge in [-0.3, -0.25) is 4.90 Å². The van der Waals surface area contributed by atoms with E-state index in [2.05, 4.69) is 56.0 Å². The van der Waals surface area contributed by atoms with Gasteiger partial charge in [-0.2, -0.15) is 0 Å². The van der Waals surface area contributed by atoms with Gasteiger partial charge in [-0.05, 0) is 39.2 Å². The highest BCUT2D eigenvalue weighted by Crippen LogP contribution is 2.59. The predicted molar refractivity (Wildman–Crippen MR) is 76.5 cm³/mol. The summed E-state index contributed by atoms with van der Waals surface area (Å²) in [6.07, 6.45) is 5.72. The number of hydrogen-bond acceptors (Lipinski definition) is 1. The molecule has 3 rings (SSSR count). The van der Waals surface area contributed by atoms with Crippen molar-refractivity contribution in [2.24, 2.45) is 5.41 Å². The van der Waals surface area contributed by atoms with Crippen LogP contribution in [0, 0.1) is 5.41 Å². The topological polar surface area (TPSA) is 3.24 Å². The number of benzene rings is 1. The number of rotatable bonds is 1. The van der Waals surface area contributed by atoms with Crippen LogP contribution >= 0.6 is 0 Å². The molecular weight excluding hydrogens is 218 g/mol. The Morgan fingerprint density at radius 2 is 1.67 bits per heavy atom. The summed E-state index contributed by atoms with van der Waals surface area (Å²) in [4.78, 5) is 2.70. The lowest BCUT2D eigenvalue weighted by atomic mass is 9.65. The van der Waals surface area contributed by atoms with Gasteiger partial charge in [0.25, 0.3) is 0 Å². The van der Waals surface area contributed by atoms with Crippen LogP contribution in [-0.2, 0) is 0 Å². The smallest absolute Gasteiger partial charge is 0.0422 e. The standard InChI is InChI=1S/C17H25N/c1-16(2,3)18-13-17(11-7-8-12-17)15(18)14-9-5-4-6-10-14/h4-6,9-10,15H,7-8,11-13H2,1-3H3. The van der Waals surface area contributed by atoms with Crippen molar-refractivity contribution in [3.63, 3.8) is 0 Å². The van der Waals surface area contributed by atoms with Gasteiger partial charge in [0, 0.05) is 23.5 Å². The highest BCUT2D eigenvalue weighted by atomic mass is 15.3. The molecule has 0 radical (unpaired) electrons. The van der Waals surface area contributed by atoms with E-state index in [-0.39, 0.29) is 5.54 Å². The first kappa shape index (κ1) is 12.2. The molecule has 2 fully saturated rings. The molecule has 0 amide bonds. The lowest BCUT2D eigenvalue weighted by molar-refractivity contribution is -0.125. The fraction of sp³-hybridized carbons (Fsp3) is 0.647. The summed E-state index contributed by atoms with van der Waals surface area (Å²) in [6.45, 7) is 8.36. The van der Waals surface area contributed by atoms with Gasteiger partial charge in [-0.25, -0.2) is 0 Å². The monoisotopic (exact) mass is 243 g/mol. The highest BCUT2D eigenvalue weighted by Gasteiger charge is 2.56. The second kappa shape index (κ2) is 4.09. The summed E-state index contributed by atoms with van der Waals surface area (Å²) in [6, 6.07) is 11.8. The Morgan fingerprint density at radius 1 is 1.06 bits per heavy atom. The third-order valence-corrected chi connectivity index (χ3v) is 4.95. The van der Waals surface area contributed by atoms with E-state index < -0.39 is 0 Å². The van der Waals surface area contributed by atoms with Crippen molar-refractivity contribution in [1.29, 1.82) is 0 Å². The maximum Gasteiger partial charge on any atom is 0.0422 e. The van der Waals surface area contributed by atoms with Crippen LogP contribution in [0.4, 0.5) is 0 Å². The molecule has 1 nitrogen and oxygen atoms in total. The van der Waals surface area contributed by atoms with Crippen molar-refractivity contribution in [2.75, 3.05) is 6.54 Å². The molecule has 2 aliphatic rings. The second-order valence-corrected chi connectivity index (χ2v) is 7.18.